The lowest BCUT2D eigenvalue weighted by molar-refractivity contribution is 0.410. The van der Waals surface area contributed by atoms with Crippen molar-refractivity contribution in [3.05, 3.63) is 72.0 Å². The van der Waals surface area contributed by atoms with E-state index in [2.05, 4.69) is 26.9 Å². The van der Waals surface area contributed by atoms with Crippen molar-refractivity contribution in [3.63, 3.8) is 0 Å². The number of ether oxygens (including phenoxy) is 1. The van der Waals surface area contributed by atoms with Gasteiger partial charge in [-0.25, -0.2) is 19.0 Å². The van der Waals surface area contributed by atoms with E-state index in [9.17, 15) is 4.39 Å². The Morgan fingerprint density at radius 3 is 2.70 bits per heavy atom. The molecule has 3 aromatic heterocycles. The average Bonchev–Trinajstić information content (AvgIpc) is 3.44. The second kappa shape index (κ2) is 8.50. The van der Waals surface area contributed by atoms with Crippen LogP contribution < -0.4 is 9.64 Å². The molecule has 0 spiro atoms. The van der Waals surface area contributed by atoms with Crippen molar-refractivity contribution in [1.82, 2.24) is 29.3 Å². The van der Waals surface area contributed by atoms with Crippen LogP contribution in [0.4, 0.5) is 16.0 Å². The number of methoxy groups -OCH3 is 1. The highest BCUT2D eigenvalue weighted by Crippen LogP contribution is 2.32. The Morgan fingerprint density at radius 1 is 1.15 bits per heavy atom. The number of benzene rings is 1. The van der Waals surface area contributed by atoms with E-state index in [1.54, 1.807) is 31.8 Å². The molecule has 8 nitrogen and oxygen atoms in total. The first-order chi connectivity index (χ1) is 16.0. The summed E-state index contributed by atoms with van der Waals surface area (Å²) in [6, 6.07) is 8.62. The van der Waals surface area contributed by atoms with E-state index < -0.39 is 0 Å². The molecule has 0 fully saturated rings. The van der Waals surface area contributed by atoms with Crippen molar-refractivity contribution in [2.45, 2.75) is 32.9 Å². The van der Waals surface area contributed by atoms with Crippen LogP contribution >= 0.6 is 0 Å². The summed E-state index contributed by atoms with van der Waals surface area (Å²) in [5, 5.41) is 4.64. The standard InChI is InChI=1S/C24H24FN7O/c1-16-14-30(15-27-16)23-21(33-3)12-18(13-26-23)4-9-22-28-24-31(29-22)11-10-17(2)32(24)20-7-5-19(25)6-8-20/h4-9,12-15,17H,10-11H2,1-3H3/b9-4+/t17-/m1/s1. The average molecular weight is 446 g/mol. The summed E-state index contributed by atoms with van der Waals surface area (Å²) < 4.78 is 22.7. The summed E-state index contributed by atoms with van der Waals surface area (Å²) in [5.74, 6) is 2.41. The van der Waals surface area contributed by atoms with Crippen molar-refractivity contribution in [3.8, 4) is 11.6 Å². The predicted octanol–water partition coefficient (Wildman–Crippen LogP) is 4.42. The SMILES string of the molecule is COc1cc(/C=C/c2nc3n(n2)CC[C@@H](C)N3c2ccc(F)cc2)cnc1-n1cnc(C)c1. The van der Waals surface area contributed by atoms with Gasteiger partial charge >= 0.3 is 0 Å². The molecule has 0 N–H and O–H groups in total. The minimum Gasteiger partial charge on any atom is -0.493 e. The van der Waals surface area contributed by atoms with Crippen LogP contribution in [0.25, 0.3) is 18.0 Å². The number of rotatable bonds is 5. The third-order valence-corrected chi connectivity index (χ3v) is 5.64. The molecule has 0 amide bonds. The van der Waals surface area contributed by atoms with Crippen molar-refractivity contribution in [2.75, 3.05) is 12.0 Å². The normalized spacial score (nSPS) is 15.8. The molecule has 0 radical (unpaired) electrons. The smallest absolute Gasteiger partial charge is 0.229 e. The zero-order chi connectivity index (χ0) is 22.9. The topological polar surface area (TPSA) is 73.9 Å². The summed E-state index contributed by atoms with van der Waals surface area (Å²) in [5.41, 5.74) is 2.66. The molecule has 5 rings (SSSR count). The Morgan fingerprint density at radius 2 is 1.97 bits per heavy atom. The quantitative estimate of drug-likeness (QED) is 0.453. The first-order valence-corrected chi connectivity index (χ1v) is 10.7. The number of aromatic nitrogens is 6. The van der Waals surface area contributed by atoms with Crippen LogP contribution in [0.15, 0.2) is 49.1 Å². The van der Waals surface area contributed by atoms with Crippen LogP contribution in [-0.4, -0.2) is 42.5 Å². The lowest BCUT2D eigenvalue weighted by atomic mass is 10.1. The Bertz CT molecular complexity index is 1310. The maximum Gasteiger partial charge on any atom is 0.229 e. The molecule has 0 bridgehead atoms. The van der Waals surface area contributed by atoms with Crippen molar-refractivity contribution in [2.24, 2.45) is 0 Å². The molecule has 168 valence electrons. The molecular weight excluding hydrogens is 421 g/mol. The number of anilines is 2. The number of imidazole rings is 1. The van der Waals surface area contributed by atoms with Gasteiger partial charge in [0.25, 0.3) is 0 Å². The van der Waals surface area contributed by atoms with Crippen molar-refractivity contribution < 1.29 is 9.13 Å². The molecule has 4 aromatic rings. The van der Waals surface area contributed by atoms with E-state index in [1.807, 2.05) is 40.6 Å². The first kappa shape index (κ1) is 20.9. The molecule has 0 aliphatic carbocycles. The number of pyridine rings is 1. The highest BCUT2D eigenvalue weighted by Gasteiger charge is 2.27. The van der Waals surface area contributed by atoms with E-state index in [4.69, 9.17) is 9.72 Å². The van der Waals surface area contributed by atoms with Gasteiger partial charge in [0.05, 0.1) is 12.8 Å². The molecule has 0 saturated heterocycles. The summed E-state index contributed by atoms with van der Waals surface area (Å²) in [6.07, 6.45) is 10.1. The fourth-order valence-electron chi connectivity index (χ4n) is 3.95. The van der Waals surface area contributed by atoms with E-state index >= 15 is 0 Å². The van der Waals surface area contributed by atoms with Gasteiger partial charge < -0.3 is 9.64 Å². The second-order valence-electron chi connectivity index (χ2n) is 8.03. The molecular formula is C24H24FN7O. The third kappa shape index (κ3) is 4.09. The minimum atomic E-state index is -0.258. The maximum atomic E-state index is 13.4. The molecule has 0 saturated carbocycles. The highest BCUT2D eigenvalue weighted by atomic mass is 19.1. The monoisotopic (exact) mass is 445 g/mol. The Hall–Kier alpha value is -4.01. The maximum absolute atomic E-state index is 13.4. The lowest BCUT2D eigenvalue weighted by Crippen LogP contribution is -2.36. The zero-order valence-electron chi connectivity index (χ0n) is 18.7. The molecule has 1 aliphatic heterocycles. The van der Waals surface area contributed by atoms with Gasteiger partial charge in [0.2, 0.25) is 5.95 Å². The van der Waals surface area contributed by atoms with Crippen LogP contribution in [0.2, 0.25) is 0 Å². The highest BCUT2D eigenvalue weighted by molar-refractivity contribution is 5.69. The van der Waals surface area contributed by atoms with Crippen molar-refractivity contribution in [1.29, 1.82) is 0 Å². The zero-order valence-corrected chi connectivity index (χ0v) is 18.7. The van der Waals surface area contributed by atoms with Crippen LogP contribution in [-0.2, 0) is 6.54 Å². The van der Waals surface area contributed by atoms with Crippen LogP contribution in [0.3, 0.4) is 0 Å². The number of fused-ring (bicyclic) bond motifs is 1. The van der Waals surface area contributed by atoms with E-state index in [0.717, 1.165) is 35.9 Å². The van der Waals surface area contributed by atoms with Gasteiger partial charge in [-0.3, -0.25) is 4.57 Å². The Kier molecular flexibility index (Phi) is 5.37. The fraction of sp³-hybridized carbons (Fsp3) is 0.250. The number of halogens is 1. The molecule has 1 atom stereocenters. The Labute approximate surface area is 191 Å². The van der Waals surface area contributed by atoms with Gasteiger partial charge in [0.1, 0.15) is 12.1 Å². The van der Waals surface area contributed by atoms with Gasteiger partial charge in [0, 0.05) is 30.7 Å². The molecule has 1 aromatic carbocycles. The number of hydrogen-bond acceptors (Lipinski definition) is 6. The molecule has 1 aliphatic rings. The van der Waals surface area contributed by atoms with Gasteiger partial charge in [-0.2, -0.15) is 4.98 Å². The number of aryl methyl sites for hydroxylation is 2. The van der Waals surface area contributed by atoms with E-state index in [0.29, 0.717) is 17.4 Å². The first-order valence-electron chi connectivity index (χ1n) is 10.7. The van der Waals surface area contributed by atoms with Crippen molar-refractivity contribution >= 4 is 23.8 Å². The van der Waals surface area contributed by atoms with Gasteiger partial charge in [-0.15, -0.1) is 5.10 Å². The van der Waals surface area contributed by atoms with Crippen LogP contribution in [0.1, 0.15) is 30.4 Å². The Balaban J connectivity index is 1.42. The minimum absolute atomic E-state index is 0.233. The largest absolute Gasteiger partial charge is 0.493 e. The van der Waals surface area contributed by atoms with Gasteiger partial charge in [0.15, 0.2) is 17.4 Å². The molecule has 33 heavy (non-hydrogen) atoms. The van der Waals surface area contributed by atoms with Gasteiger partial charge in [-0.1, -0.05) is 0 Å². The predicted molar refractivity (Wildman–Crippen MR) is 124 cm³/mol. The van der Waals surface area contributed by atoms with E-state index in [-0.39, 0.29) is 11.9 Å². The third-order valence-electron chi connectivity index (χ3n) is 5.64. The van der Waals surface area contributed by atoms with E-state index in [1.165, 1.54) is 12.1 Å². The lowest BCUT2D eigenvalue weighted by Gasteiger charge is -2.34. The molecule has 4 heterocycles. The summed E-state index contributed by atoms with van der Waals surface area (Å²) in [6.45, 7) is 4.84. The number of nitrogens with zero attached hydrogens (tertiary/aromatic N) is 7. The van der Waals surface area contributed by atoms with Gasteiger partial charge in [-0.05, 0) is 68.3 Å². The summed E-state index contributed by atoms with van der Waals surface area (Å²) in [7, 11) is 1.62. The fourth-order valence-corrected chi connectivity index (χ4v) is 3.95. The van der Waals surface area contributed by atoms with Crippen LogP contribution in [0.5, 0.6) is 5.75 Å². The van der Waals surface area contributed by atoms with Crippen LogP contribution in [0, 0.1) is 12.7 Å². The second-order valence-corrected chi connectivity index (χ2v) is 8.03. The summed E-state index contributed by atoms with van der Waals surface area (Å²) in [4.78, 5) is 15.6. The number of hydrogen-bond donors (Lipinski definition) is 0. The molecule has 0 unspecified atom stereocenters. The summed E-state index contributed by atoms with van der Waals surface area (Å²) >= 11 is 0. The molecule has 9 heteroatoms.